The van der Waals surface area contributed by atoms with Crippen LogP contribution in [0.4, 0.5) is 17.1 Å². The van der Waals surface area contributed by atoms with E-state index in [1.54, 1.807) is 30.3 Å². The number of aryl methyl sites for hydroxylation is 1. The van der Waals surface area contributed by atoms with Crippen LogP contribution in [0.1, 0.15) is 18.4 Å². The molecule has 0 saturated carbocycles. The molecule has 2 N–H and O–H groups in total. The third-order valence-electron chi connectivity index (χ3n) is 3.94. The minimum atomic E-state index is -0.248. The predicted molar refractivity (Wildman–Crippen MR) is 96.5 cm³/mol. The van der Waals surface area contributed by atoms with Gasteiger partial charge < -0.3 is 15.5 Å². The molecule has 0 bridgehead atoms. The van der Waals surface area contributed by atoms with Gasteiger partial charge in [0, 0.05) is 18.5 Å². The Morgan fingerprint density at radius 1 is 1.12 bits per heavy atom. The fourth-order valence-corrected chi connectivity index (χ4v) is 2.76. The molecule has 6 nitrogen and oxygen atoms in total. The second kappa shape index (κ2) is 7.17. The molecule has 25 heavy (non-hydrogen) atoms. The summed E-state index contributed by atoms with van der Waals surface area (Å²) in [5, 5.41) is 5.52. The number of benzene rings is 2. The molecule has 1 heterocycles. The van der Waals surface area contributed by atoms with E-state index in [-0.39, 0.29) is 37.1 Å². The zero-order chi connectivity index (χ0) is 17.8. The standard InChI is InChI=1S/C19H19N3O3/c1-13-5-4-6-14(11-13)20-17(23)9-10-19(25)22-12-18(24)21-15-7-2-3-8-16(15)22/h2-8,11H,9-10,12H2,1H3,(H,20,23)(H,21,24). The van der Waals surface area contributed by atoms with Crippen LogP contribution in [-0.2, 0) is 14.4 Å². The predicted octanol–water partition coefficient (Wildman–Crippen LogP) is 2.70. The lowest BCUT2D eigenvalue weighted by molar-refractivity contribution is -0.124. The van der Waals surface area contributed by atoms with Crippen LogP contribution in [0.25, 0.3) is 0 Å². The van der Waals surface area contributed by atoms with Gasteiger partial charge in [0.2, 0.25) is 17.7 Å². The van der Waals surface area contributed by atoms with E-state index >= 15 is 0 Å². The average Bonchev–Trinajstić information content (AvgIpc) is 2.59. The highest BCUT2D eigenvalue weighted by Gasteiger charge is 2.26. The fraction of sp³-hybridized carbons (Fsp3) is 0.211. The average molecular weight is 337 g/mol. The highest BCUT2D eigenvalue weighted by Crippen LogP contribution is 2.29. The number of rotatable bonds is 4. The minimum absolute atomic E-state index is 0.0324. The van der Waals surface area contributed by atoms with Gasteiger partial charge in [0.1, 0.15) is 6.54 Å². The topological polar surface area (TPSA) is 78.5 Å². The molecule has 1 aliphatic rings. The van der Waals surface area contributed by atoms with E-state index in [0.717, 1.165) is 5.56 Å². The van der Waals surface area contributed by atoms with E-state index in [9.17, 15) is 14.4 Å². The number of carbonyl (C=O) groups is 3. The van der Waals surface area contributed by atoms with E-state index in [1.165, 1.54) is 4.90 Å². The molecule has 0 unspecified atom stereocenters. The lowest BCUT2D eigenvalue weighted by Gasteiger charge is -2.29. The van der Waals surface area contributed by atoms with E-state index in [1.807, 2.05) is 25.1 Å². The molecule has 3 amide bonds. The van der Waals surface area contributed by atoms with Crippen LogP contribution < -0.4 is 15.5 Å². The van der Waals surface area contributed by atoms with Crippen molar-refractivity contribution in [2.75, 3.05) is 22.1 Å². The van der Waals surface area contributed by atoms with Gasteiger partial charge in [0.25, 0.3) is 0 Å². The summed E-state index contributed by atoms with van der Waals surface area (Å²) < 4.78 is 0. The maximum Gasteiger partial charge on any atom is 0.244 e. The number of anilines is 3. The Labute approximate surface area is 145 Å². The Morgan fingerprint density at radius 2 is 1.92 bits per heavy atom. The molecule has 1 aliphatic heterocycles. The number of hydrogen-bond acceptors (Lipinski definition) is 3. The van der Waals surface area contributed by atoms with Crippen molar-refractivity contribution in [3.63, 3.8) is 0 Å². The van der Waals surface area contributed by atoms with E-state index in [4.69, 9.17) is 0 Å². The van der Waals surface area contributed by atoms with Gasteiger partial charge in [-0.1, -0.05) is 24.3 Å². The molecular weight excluding hydrogens is 318 g/mol. The number of nitrogens with zero attached hydrogens (tertiary/aromatic N) is 1. The zero-order valence-electron chi connectivity index (χ0n) is 13.9. The Balaban J connectivity index is 1.61. The summed E-state index contributed by atoms with van der Waals surface area (Å²) in [4.78, 5) is 37.7. The first-order valence-electron chi connectivity index (χ1n) is 8.09. The Morgan fingerprint density at radius 3 is 2.72 bits per heavy atom. The molecular formula is C19H19N3O3. The largest absolute Gasteiger partial charge is 0.326 e. The van der Waals surface area contributed by atoms with Crippen molar-refractivity contribution in [3.8, 4) is 0 Å². The maximum absolute atomic E-state index is 12.5. The Kier molecular flexibility index (Phi) is 4.79. The van der Waals surface area contributed by atoms with Crippen molar-refractivity contribution in [2.24, 2.45) is 0 Å². The van der Waals surface area contributed by atoms with Crippen LogP contribution in [0.5, 0.6) is 0 Å². The van der Waals surface area contributed by atoms with Crippen LogP contribution in [0.2, 0.25) is 0 Å². The number of amides is 3. The van der Waals surface area contributed by atoms with E-state index in [0.29, 0.717) is 17.1 Å². The van der Waals surface area contributed by atoms with Crippen molar-refractivity contribution in [1.29, 1.82) is 0 Å². The molecule has 0 fully saturated rings. The first kappa shape index (κ1) is 16.7. The molecule has 6 heteroatoms. The molecule has 0 atom stereocenters. The second-order valence-electron chi connectivity index (χ2n) is 5.96. The summed E-state index contributed by atoms with van der Waals surface area (Å²) >= 11 is 0. The first-order valence-corrected chi connectivity index (χ1v) is 8.09. The summed E-state index contributed by atoms with van der Waals surface area (Å²) in [6, 6.07) is 14.6. The molecule has 3 rings (SSSR count). The molecule has 2 aromatic rings. The number of carbonyl (C=O) groups excluding carboxylic acids is 3. The van der Waals surface area contributed by atoms with Gasteiger partial charge in [-0.05, 0) is 36.8 Å². The molecule has 0 aromatic heterocycles. The number of fused-ring (bicyclic) bond motifs is 1. The van der Waals surface area contributed by atoms with Crippen molar-refractivity contribution < 1.29 is 14.4 Å². The zero-order valence-corrected chi connectivity index (χ0v) is 13.9. The molecule has 0 spiro atoms. The molecule has 0 radical (unpaired) electrons. The van der Waals surface area contributed by atoms with Crippen LogP contribution in [-0.4, -0.2) is 24.3 Å². The number of nitrogens with one attached hydrogen (secondary N) is 2. The second-order valence-corrected chi connectivity index (χ2v) is 5.96. The highest BCUT2D eigenvalue weighted by atomic mass is 16.2. The number of para-hydroxylation sites is 2. The van der Waals surface area contributed by atoms with Crippen LogP contribution >= 0.6 is 0 Å². The normalized spacial score (nSPS) is 13.0. The molecule has 0 saturated heterocycles. The smallest absolute Gasteiger partial charge is 0.244 e. The van der Waals surface area contributed by atoms with Crippen molar-refractivity contribution in [2.45, 2.75) is 19.8 Å². The maximum atomic E-state index is 12.5. The lowest BCUT2D eigenvalue weighted by atomic mass is 10.1. The number of hydrogen-bond donors (Lipinski definition) is 2. The first-order chi connectivity index (χ1) is 12.0. The van der Waals surface area contributed by atoms with Crippen molar-refractivity contribution >= 4 is 34.8 Å². The Bertz CT molecular complexity index is 832. The highest BCUT2D eigenvalue weighted by molar-refractivity contribution is 6.10. The summed E-state index contributed by atoms with van der Waals surface area (Å²) in [5.74, 6) is -0.716. The molecule has 128 valence electrons. The Hall–Kier alpha value is -3.15. The van der Waals surface area contributed by atoms with Gasteiger partial charge in [-0.25, -0.2) is 0 Å². The molecule has 0 aliphatic carbocycles. The minimum Gasteiger partial charge on any atom is -0.326 e. The van der Waals surface area contributed by atoms with Gasteiger partial charge in [0.15, 0.2) is 0 Å². The van der Waals surface area contributed by atoms with Gasteiger partial charge in [-0.2, -0.15) is 0 Å². The van der Waals surface area contributed by atoms with Gasteiger partial charge in [0.05, 0.1) is 11.4 Å². The van der Waals surface area contributed by atoms with Gasteiger partial charge >= 0.3 is 0 Å². The summed E-state index contributed by atoms with van der Waals surface area (Å²) in [5.41, 5.74) is 3.02. The van der Waals surface area contributed by atoms with Crippen molar-refractivity contribution in [3.05, 3.63) is 54.1 Å². The lowest BCUT2D eigenvalue weighted by Crippen LogP contribution is -2.42. The van der Waals surface area contributed by atoms with Crippen LogP contribution in [0.3, 0.4) is 0 Å². The van der Waals surface area contributed by atoms with Crippen LogP contribution in [0.15, 0.2) is 48.5 Å². The monoisotopic (exact) mass is 337 g/mol. The van der Waals surface area contributed by atoms with E-state index in [2.05, 4.69) is 10.6 Å². The summed E-state index contributed by atoms with van der Waals surface area (Å²) in [6.45, 7) is 1.91. The molecule has 2 aromatic carbocycles. The third-order valence-corrected chi connectivity index (χ3v) is 3.94. The van der Waals surface area contributed by atoms with Gasteiger partial charge in [-0.3, -0.25) is 14.4 Å². The fourth-order valence-electron chi connectivity index (χ4n) is 2.76. The van der Waals surface area contributed by atoms with Gasteiger partial charge in [-0.15, -0.1) is 0 Å². The van der Waals surface area contributed by atoms with Crippen LogP contribution in [0, 0.1) is 6.92 Å². The third kappa shape index (κ3) is 4.03. The van der Waals surface area contributed by atoms with Crippen molar-refractivity contribution in [1.82, 2.24) is 0 Å². The summed E-state index contributed by atoms with van der Waals surface area (Å²) in [7, 11) is 0. The quantitative estimate of drug-likeness (QED) is 0.900. The SMILES string of the molecule is Cc1cccc(NC(=O)CCC(=O)N2CC(=O)Nc3ccccc32)c1. The van der Waals surface area contributed by atoms with E-state index < -0.39 is 0 Å². The summed E-state index contributed by atoms with van der Waals surface area (Å²) in [6.07, 6.45) is 0.103.